The molecule has 0 aliphatic carbocycles. The zero-order valence-corrected chi connectivity index (χ0v) is 15.4. The van der Waals surface area contributed by atoms with E-state index in [1.807, 2.05) is 61.5 Å². The number of nitrogens with one attached hydrogen (secondary N) is 1. The Labute approximate surface area is 152 Å². The first-order chi connectivity index (χ1) is 11.8. The summed E-state index contributed by atoms with van der Waals surface area (Å²) in [4.78, 5) is 12.0. The van der Waals surface area contributed by atoms with E-state index in [0.717, 1.165) is 16.7 Å². The summed E-state index contributed by atoms with van der Waals surface area (Å²) in [6, 6.07) is 16.2. The number of ether oxygens (including phenoxy) is 1. The molecule has 2 rings (SSSR count). The van der Waals surface area contributed by atoms with Crippen LogP contribution >= 0.6 is 10.7 Å². The van der Waals surface area contributed by atoms with E-state index in [4.69, 9.17) is 15.4 Å². The smallest absolute Gasteiger partial charge is 0.407 e. The molecule has 5 nitrogen and oxygen atoms in total. The lowest BCUT2D eigenvalue weighted by Crippen LogP contribution is -2.40. The molecule has 1 N–H and O–H groups in total. The lowest BCUT2D eigenvalue weighted by Gasteiger charge is -2.17. The minimum Gasteiger partial charge on any atom is -0.445 e. The van der Waals surface area contributed by atoms with Crippen LogP contribution in [0, 0.1) is 6.92 Å². The number of alkyl carbamates (subject to hydrolysis) is 1. The van der Waals surface area contributed by atoms with Crippen molar-refractivity contribution in [2.24, 2.45) is 0 Å². The molecule has 2 aromatic rings. The lowest BCUT2D eigenvalue weighted by molar-refractivity contribution is 0.136. The molecule has 1 unspecified atom stereocenters. The van der Waals surface area contributed by atoms with Gasteiger partial charge in [0.1, 0.15) is 6.61 Å². The van der Waals surface area contributed by atoms with E-state index in [9.17, 15) is 13.2 Å². The Bertz CT molecular complexity index is 809. The molecule has 0 heterocycles. The number of hydrogen-bond donors (Lipinski definition) is 1. The average Bonchev–Trinajstić information content (AvgIpc) is 2.52. The summed E-state index contributed by atoms with van der Waals surface area (Å²) in [6.07, 6.45) is -0.338. The van der Waals surface area contributed by atoms with Crippen LogP contribution in [0.25, 0.3) is 0 Å². The Hall–Kier alpha value is -2.05. The highest BCUT2D eigenvalue weighted by atomic mass is 35.7. The predicted molar refractivity (Wildman–Crippen MR) is 98.1 cm³/mol. The minimum atomic E-state index is -3.76. The normalized spacial score (nSPS) is 12.4. The average molecular weight is 382 g/mol. The number of benzene rings is 2. The van der Waals surface area contributed by atoms with E-state index in [2.05, 4.69) is 5.32 Å². The summed E-state index contributed by atoms with van der Waals surface area (Å²) in [5.41, 5.74) is 2.81. The molecule has 1 atom stereocenters. The molecule has 7 heteroatoms. The van der Waals surface area contributed by atoms with E-state index < -0.39 is 21.2 Å². The van der Waals surface area contributed by atoms with Crippen molar-refractivity contribution in [2.45, 2.75) is 26.0 Å². The zero-order chi connectivity index (χ0) is 18.3. The molecule has 0 radical (unpaired) electrons. The first kappa shape index (κ1) is 19.3. The second-order valence-electron chi connectivity index (χ2n) is 5.80. The molecule has 1 amide bonds. The fourth-order valence-corrected chi connectivity index (χ4v) is 3.59. The van der Waals surface area contributed by atoms with Crippen molar-refractivity contribution in [1.29, 1.82) is 0 Å². The number of halogens is 1. The van der Waals surface area contributed by atoms with Gasteiger partial charge < -0.3 is 10.1 Å². The predicted octanol–water partition coefficient (Wildman–Crippen LogP) is 3.40. The van der Waals surface area contributed by atoms with E-state index in [0.29, 0.717) is 6.42 Å². The maximum absolute atomic E-state index is 12.0. The molecule has 0 aliphatic rings. The lowest BCUT2D eigenvalue weighted by atomic mass is 10.1. The molecule has 134 valence electrons. The van der Waals surface area contributed by atoms with E-state index in [1.165, 1.54) is 0 Å². The Morgan fingerprint density at radius 2 is 1.80 bits per heavy atom. The monoisotopic (exact) mass is 381 g/mol. The van der Waals surface area contributed by atoms with E-state index >= 15 is 0 Å². The third-order valence-electron chi connectivity index (χ3n) is 3.50. The molecule has 0 saturated heterocycles. The molecule has 0 aliphatic heterocycles. The van der Waals surface area contributed by atoms with Crippen LogP contribution in [-0.4, -0.2) is 26.3 Å². The standard InChI is InChI=1S/C18H20ClNO4S/c1-14-6-5-9-16(10-14)11-17(13-25(19,22)23)20-18(21)24-12-15-7-3-2-4-8-15/h2-10,17H,11-13H2,1H3,(H,20,21). The van der Waals surface area contributed by atoms with Crippen molar-refractivity contribution in [1.82, 2.24) is 5.32 Å². The number of carbonyl (C=O) groups is 1. The van der Waals surface area contributed by atoms with Gasteiger partial charge in [-0.3, -0.25) is 0 Å². The molecular formula is C18H20ClNO4S. The summed E-state index contributed by atoms with van der Waals surface area (Å²) in [5, 5.41) is 2.59. The fraction of sp³-hybridized carbons (Fsp3) is 0.278. The summed E-state index contributed by atoms with van der Waals surface area (Å²) >= 11 is 0. The van der Waals surface area contributed by atoms with Crippen molar-refractivity contribution >= 4 is 25.8 Å². The number of amides is 1. The van der Waals surface area contributed by atoms with Gasteiger partial charge in [-0.25, -0.2) is 13.2 Å². The van der Waals surface area contributed by atoms with Gasteiger partial charge in [-0.05, 0) is 24.5 Å². The fourth-order valence-electron chi connectivity index (χ4n) is 2.45. The number of aryl methyl sites for hydroxylation is 1. The van der Waals surface area contributed by atoms with E-state index in [-0.39, 0.29) is 12.4 Å². The third-order valence-corrected chi connectivity index (χ3v) is 4.68. The molecule has 0 spiro atoms. The Kier molecular flexibility index (Phi) is 6.84. The highest BCUT2D eigenvalue weighted by molar-refractivity contribution is 8.13. The van der Waals surface area contributed by atoms with Crippen molar-refractivity contribution in [3.05, 3.63) is 71.3 Å². The van der Waals surface area contributed by atoms with Crippen LogP contribution in [-0.2, 0) is 26.8 Å². The van der Waals surface area contributed by atoms with Crippen molar-refractivity contribution in [3.8, 4) is 0 Å². The van der Waals surface area contributed by atoms with Crippen LogP contribution in [0.1, 0.15) is 16.7 Å². The molecule has 0 aromatic heterocycles. The van der Waals surface area contributed by atoms with Crippen LogP contribution in [0.5, 0.6) is 0 Å². The topological polar surface area (TPSA) is 72.5 Å². The summed E-state index contributed by atoms with van der Waals surface area (Å²) in [5.74, 6) is -0.372. The summed E-state index contributed by atoms with van der Waals surface area (Å²) in [6.45, 7) is 2.05. The van der Waals surface area contributed by atoms with Crippen LogP contribution < -0.4 is 5.32 Å². The zero-order valence-electron chi connectivity index (χ0n) is 13.8. The van der Waals surface area contributed by atoms with E-state index in [1.54, 1.807) is 0 Å². The quantitative estimate of drug-likeness (QED) is 0.746. The maximum Gasteiger partial charge on any atom is 0.407 e. The van der Waals surface area contributed by atoms with Gasteiger partial charge in [0.25, 0.3) is 0 Å². The van der Waals surface area contributed by atoms with Gasteiger partial charge in [-0.2, -0.15) is 0 Å². The van der Waals surface area contributed by atoms with Gasteiger partial charge in [0, 0.05) is 10.7 Å². The van der Waals surface area contributed by atoms with Gasteiger partial charge in [-0.1, -0.05) is 60.2 Å². The number of rotatable bonds is 7. The van der Waals surface area contributed by atoms with Gasteiger partial charge in [0.05, 0.1) is 11.8 Å². The Morgan fingerprint density at radius 1 is 1.12 bits per heavy atom. The molecule has 25 heavy (non-hydrogen) atoms. The van der Waals surface area contributed by atoms with Gasteiger partial charge >= 0.3 is 6.09 Å². The second-order valence-corrected chi connectivity index (χ2v) is 8.62. The molecule has 0 bridgehead atoms. The van der Waals surface area contributed by atoms with Crippen LogP contribution in [0.4, 0.5) is 4.79 Å². The number of hydrogen-bond acceptors (Lipinski definition) is 4. The molecule has 2 aromatic carbocycles. The summed E-state index contributed by atoms with van der Waals surface area (Å²) < 4.78 is 28.0. The largest absolute Gasteiger partial charge is 0.445 e. The minimum absolute atomic E-state index is 0.109. The molecule has 0 saturated carbocycles. The van der Waals surface area contributed by atoms with Crippen LogP contribution in [0.2, 0.25) is 0 Å². The van der Waals surface area contributed by atoms with Crippen LogP contribution in [0.3, 0.4) is 0 Å². The summed E-state index contributed by atoms with van der Waals surface area (Å²) in [7, 11) is 1.60. The van der Waals surface area contributed by atoms with Crippen molar-refractivity contribution in [2.75, 3.05) is 5.75 Å². The van der Waals surface area contributed by atoms with Crippen LogP contribution in [0.15, 0.2) is 54.6 Å². The van der Waals surface area contributed by atoms with Gasteiger partial charge in [-0.15, -0.1) is 0 Å². The SMILES string of the molecule is Cc1cccc(CC(CS(=O)(=O)Cl)NC(=O)OCc2ccccc2)c1. The number of carbonyl (C=O) groups excluding carboxylic acids is 1. The highest BCUT2D eigenvalue weighted by Gasteiger charge is 2.20. The molecular weight excluding hydrogens is 362 g/mol. The maximum atomic E-state index is 12.0. The third kappa shape index (κ3) is 7.58. The highest BCUT2D eigenvalue weighted by Crippen LogP contribution is 2.10. The van der Waals surface area contributed by atoms with Crippen molar-refractivity contribution in [3.63, 3.8) is 0 Å². The Morgan fingerprint density at radius 3 is 2.44 bits per heavy atom. The second kappa shape index (κ2) is 8.87. The van der Waals surface area contributed by atoms with Crippen molar-refractivity contribution < 1.29 is 17.9 Å². The Balaban J connectivity index is 1.98. The molecule has 0 fully saturated rings. The first-order valence-corrected chi connectivity index (χ1v) is 10.2. The van der Waals surface area contributed by atoms with Gasteiger partial charge in [0.15, 0.2) is 0 Å². The van der Waals surface area contributed by atoms with Gasteiger partial charge in [0.2, 0.25) is 9.05 Å². The first-order valence-electron chi connectivity index (χ1n) is 7.77.